The number of aromatic nitrogens is 3. The second kappa shape index (κ2) is 5.33. The predicted molar refractivity (Wildman–Crippen MR) is 86.2 cm³/mol. The fourth-order valence-corrected chi connectivity index (χ4v) is 2.44. The molecule has 1 aromatic carbocycles. The van der Waals surface area contributed by atoms with Gasteiger partial charge in [0.25, 0.3) is 0 Å². The zero-order chi connectivity index (χ0) is 14.9. The zero-order valence-electron chi connectivity index (χ0n) is 12.5. The maximum Gasteiger partial charge on any atom is 0.236 e. The second-order valence-corrected chi connectivity index (χ2v) is 5.53. The van der Waals surface area contributed by atoms with E-state index in [1.165, 1.54) is 12.8 Å². The summed E-state index contributed by atoms with van der Waals surface area (Å²) in [7, 11) is 0. The van der Waals surface area contributed by atoms with Gasteiger partial charge in [-0.15, -0.1) is 0 Å². The van der Waals surface area contributed by atoms with Crippen LogP contribution >= 0.6 is 0 Å². The summed E-state index contributed by atoms with van der Waals surface area (Å²) in [6.45, 7) is 2.64. The first-order valence-electron chi connectivity index (χ1n) is 7.67. The van der Waals surface area contributed by atoms with Crippen molar-refractivity contribution in [1.29, 1.82) is 0 Å². The third kappa shape index (κ3) is 2.62. The van der Waals surface area contributed by atoms with Crippen molar-refractivity contribution < 1.29 is 4.74 Å². The molecule has 5 nitrogen and oxygen atoms in total. The van der Waals surface area contributed by atoms with Crippen LogP contribution in [-0.2, 0) is 0 Å². The van der Waals surface area contributed by atoms with Crippen LogP contribution < -0.4 is 10.1 Å². The molecule has 0 radical (unpaired) electrons. The van der Waals surface area contributed by atoms with Gasteiger partial charge in [0.1, 0.15) is 11.6 Å². The highest BCUT2D eigenvalue weighted by Gasteiger charge is 2.21. The van der Waals surface area contributed by atoms with Gasteiger partial charge in [0, 0.05) is 24.0 Å². The van der Waals surface area contributed by atoms with Crippen molar-refractivity contribution >= 4 is 11.6 Å². The van der Waals surface area contributed by atoms with E-state index < -0.39 is 0 Å². The molecule has 4 rings (SSSR count). The van der Waals surface area contributed by atoms with Gasteiger partial charge < -0.3 is 10.1 Å². The Hall–Kier alpha value is -2.56. The number of fused-ring (bicyclic) bond motifs is 1. The number of anilines is 1. The molecule has 1 aliphatic carbocycles. The smallest absolute Gasteiger partial charge is 0.236 e. The minimum atomic E-state index is 0.590. The maximum absolute atomic E-state index is 5.55. The van der Waals surface area contributed by atoms with Gasteiger partial charge in [-0.2, -0.15) is 4.98 Å². The van der Waals surface area contributed by atoms with Gasteiger partial charge >= 0.3 is 0 Å². The molecule has 2 aromatic heterocycles. The monoisotopic (exact) mass is 294 g/mol. The number of benzene rings is 1. The first-order chi connectivity index (χ1) is 10.8. The molecule has 1 fully saturated rings. The molecule has 3 aromatic rings. The normalized spacial score (nSPS) is 14.2. The van der Waals surface area contributed by atoms with Crippen molar-refractivity contribution in [2.45, 2.75) is 25.8 Å². The quantitative estimate of drug-likeness (QED) is 0.784. The summed E-state index contributed by atoms with van der Waals surface area (Å²) in [5.74, 6) is 2.47. The van der Waals surface area contributed by atoms with E-state index in [1.54, 1.807) is 0 Å². The van der Waals surface area contributed by atoms with Gasteiger partial charge in [0.05, 0.1) is 12.3 Å². The molecule has 0 atom stereocenters. The minimum absolute atomic E-state index is 0.590. The lowest BCUT2D eigenvalue weighted by Crippen LogP contribution is -2.03. The van der Waals surface area contributed by atoms with Crippen molar-refractivity contribution in [3.63, 3.8) is 0 Å². The number of rotatable bonds is 5. The number of nitrogens with one attached hydrogen (secondary N) is 1. The maximum atomic E-state index is 5.55. The van der Waals surface area contributed by atoms with Crippen LogP contribution in [0, 0.1) is 0 Å². The van der Waals surface area contributed by atoms with Crippen molar-refractivity contribution in [3.8, 4) is 17.0 Å². The average Bonchev–Trinajstić information content (AvgIpc) is 3.24. The third-order valence-electron chi connectivity index (χ3n) is 3.70. The van der Waals surface area contributed by atoms with Gasteiger partial charge in [-0.05, 0) is 38.0 Å². The fourth-order valence-electron chi connectivity index (χ4n) is 2.44. The third-order valence-corrected chi connectivity index (χ3v) is 3.70. The molecular weight excluding hydrogens is 276 g/mol. The molecular formula is C17H18N4O. The average molecular weight is 294 g/mol. The van der Waals surface area contributed by atoms with E-state index >= 15 is 0 Å². The van der Waals surface area contributed by atoms with Crippen LogP contribution in [0.1, 0.15) is 19.8 Å². The summed E-state index contributed by atoms with van der Waals surface area (Å²) < 4.78 is 7.50. The van der Waals surface area contributed by atoms with Crippen LogP contribution in [0.3, 0.4) is 0 Å². The molecule has 0 amide bonds. The minimum Gasteiger partial charge on any atom is -0.494 e. The lowest BCUT2D eigenvalue weighted by molar-refractivity contribution is 0.340. The van der Waals surface area contributed by atoms with Crippen LogP contribution in [0.15, 0.2) is 42.7 Å². The van der Waals surface area contributed by atoms with Crippen molar-refractivity contribution in [2.75, 3.05) is 11.9 Å². The molecule has 2 heterocycles. The van der Waals surface area contributed by atoms with Crippen LogP contribution in [0.25, 0.3) is 17.0 Å². The van der Waals surface area contributed by atoms with Gasteiger partial charge in [-0.25, -0.2) is 4.98 Å². The molecule has 0 spiro atoms. The SMILES string of the molecule is CCOc1cccc(-c2cn3ccc(NC4CC4)nc3n2)c1. The molecule has 22 heavy (non-hydrogen) atoms. The molecule has 0 aliphatic heterocycles. The molecule has 5 heteroatoms. The van der Waals surface area contributed by atoms with E-state index in [2.05, 4.69) is 15.3 Å². The number of hydrogen-bond donors (Lipinski definition) is 1. The zero-order valence-corrected chi connectivity index (χ0v) is 12.5. The summed E-state index contributed by atoms with van der Waals surface area (Å²) in [6.07, 6.45) is 6.46. The Morgan fingerprint density at radius 1 is 1.27 bits per heavy atom. The lowest BCUT2D eigenvalue weighted by Gasteiger charge is -2.03. The van der Waals surface area contributed by atoms with E-state index in [9.17, 15) is 0 Å². The van der Waals surface area contributed by atoms with E-state index in [1.807, 2.05) is 54.0 Å². The van der Waals surface area contributed by atoms with E-state index in [4.69, 9.17) is 4.74 Å². The summed E-state index contributed by atoms with van der Waals surface area (Å²) in [5.41, 5.74) is 1.94. The van der Waals surface area contributed by atoms with Crippen LogP contribution in [0.4, 0.5) is 5.82 Å². The van der Waals surface area contributed by atoms with E-state index in [0.29, 0.717) is 18.4 Å². The highest BCUT2D eigenvalue weighted by molar-refractivity contribution is 5.63. The Labute approximate surface area is 129 Å². The molecule has 0 bridgehead atoms. The number of hydrogen-bond acceptors (Lipinski definition) is 4. The highest BCUT2D eigenvalue weighted by Crippen LogP contribution is 2.25. The van der Waals surface area contributed by atoms with Crippen molar-refractivity contribution in [1.82, 2.24) is 14.4 Å². The number of ether oxygens (including phenoxy) is 1. The summed E-state index contributed by atoms with van der Waals surface area (Å²) in [5, 5.41) is 3.40. The number of imidazole rings is 1. The Kier molecular flexibility index (Phi) is 3.18. The van der Waals surface area contributed by atoms with Gasteiger partial charge in [-0.3, -0.25) is 4.40 Å². The number of nitrogens with zero attached hydrogens (tertiary/aromatic N) is 3. The second-order valence-electron chi connectivity index (χ2n) is 5.53. The van der Waals surface area contributed by atoms with Gasteiger partial charge in [-0.1, -0.05) is 12.1 Å². The lowest BCUT2D eigenvalue weighted by atomic mass is 10.1. The van der Waals surface area contributed by atoms with Crippen molar-refractivity contribution in [3.05, 3.63) is 42.7 Å². The molecule has 1 N–H and O–H groups in total. The Morgan fingerprint density at radius 2 is 2.18 bits per heavy atom. The summed E-state index contributed by atoms with van der Waals surface area (Å²) in [4.78, 5) is 9.20. The van der Waals surface area contributed by atoms with Crippen LogP contribution in [0.5, 0.6) is 5.75 Å². The van der Waals surface area contributed by atoms with E-state index in [0.717, 1.165) is 22.8 Å². The summed E-state index contributed by atoms with van der Waals surface area (Å²) >= 11 is 0. The molecule has 1 saturated carbocycles. The van der Waals surface area contributed by atoms with Gasteiger partial charge in [0.15, 0.2) is 0 Å². The Morgan fingerprint density at radius 3 is 3.00 bits per heavy atom. The highest BCUT2D eigenvalue weighted by atomic mass is 16.5. The molecule has 0 unspecified atom stereocenters. The first kappa shape index (κ1) is 13.1. The standard InChI is InChI=1S/C17H18N4O/c1-2-22-14-5-3-4-12(10-14)15-11-21-9-8-16(18-13-6-7-13)20-17(21)19-15/h3-5,8-11,13H,2,6-7H2,1H3,(H,18,19,20). The molecule has 112 valence electrons. The Balaban J connectivity index is 1.67. The Bertz CT molecular complexity index is 807. The molecule has 0 saturated heterocycles. The van der Waals surface area contributed by atoms with E-state index in [-0.39, 0.29) is 0 Å². The topological polar surface area (TPSA) is 51.5 Å². The van der Waals surface area contributed by atoms with Crippen molar-refractivity contribution in [2.24, 2.45) is 0 Å². The summed E-state index contributed by atoms with van der Waals surface area (Å²) in [6, 6.07) is 10.6. The first-order valence-corrected chi connectivity index (χ1v) is 7.67. The predicted octanol–water partition coefficient (Wildman–Crippen LogP) is 3.37. The largest absolute Gasteiger partial charge is 0.494 e. The molecule has 1 aliphatic rings. The van der Waals surface area contributed by atoms with Gasteiger partial charge in [0.2, 0.25) is 5.78 Å². The van der Waals surface area contributed by atoms with Crippen LogP contribution in [-0.4, -0.2) is 27.0 Å². The van der Waals surface area contributed by atoms with Crippen LogP contribution in [0.2, 0.25) is 0 Å². The fraction of sp³-hybridized carbons (Fsp3) is 0.294.